The van der Waals surface area contributed by atoms with Crippen molar-refractivity contribution in [2.45, 2.75) is 0 Å². The average Bonchev–Trinajstić information content (AvgIpc) is 2.74. The summed E-state index contributed by atoms with van der Waals surface area (Å²) >= 11 is 5.69. The number of halogens is 3. The number of hydrogen-bond donors (Lipinski definition) is 3. The number of benzene rings is 2. The Morgan fingerprint density at radius 3 is 2.34 bits per heavy atom. The van der Waals surface area contributed by atoms with Crippen LogP contribution in [-0.4, -0.2) is 25.7 Å². The molecule has 0 aliphatic rings. The summed E-state index contributed by atoms with van der Waals surface area (Å²) in [4.78, 5) is 40.5. The molecule has 3 rings (SSSR count). The van der Waals surface area contributed by atoms with Gasteiger partial charge in [0, 0.05) is 23.4 Å². The second-order valence-electron chi connectivity index (χ2n) is 5.93. The molecule has 0 radical (unpaired) electrons. The molecule has 15 heteroatoms. The lowest BCUT2D eigenvalue weighted by atomic mass is 10.2. The molecule has 3 aromatic rings. The third-order valence-corrected chi connectivity index (χ3v) is 4.21. The summed E-state index contributed by atoms with van der Waals surface area (Å²) in [5.41, 5.74) is 2.92. The van der Waals surface area contributed by atoms with Crippen LogP contribution in [-0.2, 0) is 0 Å². The molecule has 0 fully saturated rings. The molecule has 1 aromatic heterocycles. The van der Waals surface area contributed by atoms with E-state index in [2.05, 4.69) is 26.1 Å². The molecule has 0 bridgehead atoms. The molecule has 12 nitrogen and oxygen atoms in total. The number of hydrazine groups is 1. The molecular formula is C17H10ClF2N7O5. The summed E-state index contributed by atoms with van der Waals surface area (Å²) in [5.74, 6) is -4.01. The Balaban J connectivity index is 1.84. The number of carbonyl (C=O) groups is 1. The summed E-state index contributed by atoms with van der Waals surface area (Å²) in [5, 5.41) is 24.8. The first-order chi connectivity index (χ1) is 15.2. The lowest BCUT2D eigenvalue weighted by Crippen LogP contribution is -2.30. The molecule has 3 N–H and O–H groups in total. The number of nitro benzene ring substituents is 1. The van der Waals surface area contributed by atoms with E-state index in [0.29, 0.717) is 0 Å². The summed E-state index contributed by atoms with van der Waals surface area (Å²) in [6, 6.07) is 5.98. The fraction of sp³-hybridized carbons (Fsp3) is 0. The predicted molar refractivity (Wildman–Crippen MR) is 108 cm³/mol. The zero-order valence-electron chi connectivity index (χ0n) is 15.5. The van der Waals surface area contributed by atoms with Crippen LogP contribution in [0.2, 0.25) is 5.02 Å². The van der Waals surface area contributed by atoms with Gasteiger partial charge in [-0.25, -0.2) is 18.7 Å². The fourth-order valence-electron chi connectivity index (χ4n) is 2.43. The lowest BCUT2D eigenvalue weighted by Gasteiger charge is -2.11. The van der Waals surface area contributed by atoms with Crippen LogP contribution in [0.5, 0.6) is 0 Å². The Labute approximate surface area is 181 Å². The minimum absolute atomic E-state index is 0.0332. The van der Waals surface area contributed by atoms with Gasteiger partial charge in [-0.2, -0.15) is 0 Å². The van der Waals surface area contributed by atoms with E-state index in [1.807, 2.05) is 0 Å². The first kappa shape index (κ1) is 22.2. The molecule has 0 atom stereocenters. The van der Waals surface area contributed by atoms with Crippen LogP contribution >= 0.6 is 11.6 Å². The normalized spacial score (nSPS) is 10.3. The molecule has 32 heavy (non-hydrogen) atoms. The SMILES string of the molecule is O=C(NNc1ncnc(Nc2ccc(F)c(F)c2)c1[N+](=O)[O-])c1ccc(Cl)c([N+](=O)[O-])c1. The zero-order valence-corrected chi connectivity index (χ0v) is 16.3. The Morgan fingerprint density at radius 2 is 1.69 bits per heavy atom. The van der Waals surface area contributed by atoms with E-state index in [1.165, 1.54) is 6.07 Å². The van der Waals surface area contributed by atoms with Crippen LogP contribution in [0.4, 0.5) is 37.5 Å². The van der Waals surface area contributed by atoms with Gasteiger partial charge in [0.25, 0.3) is 11.6 Å². The zero-order chi connectivity index (χ0) is 23.4. The van der Waals surface area contributed by atoms with Gasteiger partial charge in [0.1, 0.15) is 11.3 Å². The second-order valence-corrected chi connectivity index (χ2v) is 6.34. The number of amides is 1. The fourth-order valence-corrected chi connectivity index (χ4v) is 2.61. The number of aromatic nitrogens is 2. The van der Waals surface area contributed by atoms with Gasteiger partial charge in [0.05, 0.1) is 9.85 Å². The van der Waals surface area contributed by atoms with E-state index in [0.717, 1.165) is 36.7 Å². The van der Waals surface area contributed by atoms with E-state index in [9.17, 15) is 33.8 Å². The number of carbonyl (C=O) groups excluding carboxylic acids is 1. The van der Waals surface area contributed by atoms with Crippen LogP contribution < -0.4 is 16.2 Å². The van der Waals surface area contributed by atoms with E-state index < -0.39 is 44.6 Å². The van der Waals surface area contributed by atoms with E-state index in [4.69, 9.17) is 11.6 Å². The maximum atomic E-state index is 13.4. The Bertz CT molecular complexity index is 1240. The summed E-state index contributed by atoms with van der Waals surface area (Å²) in [6.45, 7) is 0. The third-order valence-electron chi connectivity index (χ3n) is 3.89. The van der Waals surface area contributed by atoms with Gasteiger partial charge in [0.2, 0.25) is 11.6 Å². The van der Waals surface area contributed by atoms with E-state index >= 15 is 0 Å². The highest BCUT2D eigenvalue weighted by atomic mass is 35.5. The highest BCUT2D eigenvalue weighted by Crippen LogP contribution is 2.31. The van der Waals surface area contributed by atoms with Gasteiger partial charge in [-0.1, -0.05) is 11.6 Å². The highest BCUT2D eigenvalue weighted by Gasteiger charge is 2.24. The van der Waals surface area contributed by atoms with Crippen molar-refractivity contribution in [2.24, 2.45) is 0 Å². The smallest absolute Gasteiger partial charge is 0.334 e. The first-order valence-corrected chi connectivity index (χ1v) is 8.77. The molecule has 0 aliphatic carbocycles. The van der Waals surface area contributed by atoms with Crippen molar-refractivity contribution in [3.63, 3.8) is 0 Å². The van der Waals surface area contributed by atoms with Crippen molar-refractivity contribution in [1.29, 1.82) is 0 Å². The molecule has 1 heterocycles. The van der Waals surface area contributed by atoms with Crippen molar-refractivity contribution in [1.82, 2.24) is 15.4 Å². The van der Waals surface area contributed by atoms with Crippen molar-refractivity contribution in [2.75, 3.05) is 10.7 Å². The van der Waals surface area contributed by atoms with Gasteiger partial charge < -0.3 is 5.32 Å². The van der Waals surface area contributed by atoms with Crippen molar-refractivity contribution >= 4 is 46.2 Å². The summed E-state index contributed by atoms with van der Waals surface area (Å²) in [6.07, 6.45) is 0.914. The highest BCUT2D eigenvalue weighted by molar-refractivity contribution is 6.32. The lowest BCUT2D eigenvalue weighted by molar-refractivity contribution is -0.384. The van der Waals surface area contributed by atoms with Crippen LogP contribution in [0.1, 0.15) is 10.4 Å². The standard InChI is InChI=1S/C17H10ClF2N7O5/c18-10-3-1-8(5-13(10)26(29)30)17(28)25-24-16-14(27(31)32)15(21-7-22-16)23-9-2-4-11(19)12(20)6-9/h1-7H,(H,25,28)(H2,21,22,23,24). The predicted octanol–water partition coefficient (Wildman–Crippen LogP) is 3.73. The number of rotatable bonds is 7. The van der Waals surface area contributed by atoms with Crippen LogP contribution in [0.25, 0.3) is 0 Å². The van der Waals surface area contributed by atoms with Gasteiger partial charge in [0.15, 0.2) is 11.6 Å². The van der Waals surface area contributed by atoms with Crippen molar-refractivity contribution < 1.29 is 23.4 Å². The van der Waals surface area contributed by atoms with E-state index in [-0.39, 0.29) is 22.1 Å². The maximum Gasteiger partial charge on any atom is 0.355 e. The summed E-state index contributed by atoms with van der Waals surface area (Å²) in [7, 11) is 0. The van der Waals surface area contributed by atoms with Crippen LogP contribution in [0, 0.1) is 31.9 Å². The van der Waals surface area contributed by atoms with Crippen molar-refractivity contribution in [3.8, 4) is 0 Å². The number of anilines is 3. The molecule has 0 unspecified atom stereocenters. The third kappa shape index (κ3) is 4.81. The molecular weight excluding hydrogens is 456 g/mol. The average molecular weight is 466 g/mol. The Morgan fingerprint density at radius 1 is 0.969 bits per heavy atom. The minimum Gasteiger partial charge on any atom is -0.334 e. The first-order valence-electron chi connectivity index (χ1n) is 8.39. The number of nitrogens with zero attached hydrogens (tertiary/aromatic N) is 4. The van der Waals surface area contributed by atoms with Gasteiger partial charge in [-0.15, -0.1) is 0 Å². The minimum atomic E-state index is -1.19. The molecule has 2 aromatic carbocycles. The number of nitrogens with one attached hydrogen (secondary N) is 3. The molecule has 0 aliphatic heterocycles. The quantitative estimate of drug-likeness (QED) is 0.348. The van der Waals surface area contributed by atoms with Crippen LogP contribution in [0.3, 0.4) is 0 Å². The molecule has 0 saturated heterocycles. The largest absolute Gasteiger partial charge is 0.355 e. The molecule has 0 saturated carbocycles. The molecule has 164 valence electrons. The second kappa shape index (κ2) is 9.13. The van der Waals surface area contributed by atoms with Gasteiger partial charge >= 0.3 is 5.69 Å². The summed E-state index contributed by atoms with van der Waals surface area (Å²) < 4.78 is 26.5. The Hall–Kier alpha value is -4.46. The number of nitro groups is 2. The maximum absolute atomic E-state index is 13.4. The molecule has 0 spiro atoms. The monoisotopic (exact) mass is 465 g/mol. The van der Waals surface area contributed by atoms with Crippen LogP contribution in [0.15, 0.2) is 42.7 Å². The number of hydrogen-bond acceptors (Lipinski definition) is 9. The van der Waals surface area contributed by atoms with Crippen molar-refractivity contribution in [3.05, 3.63) is 85.2 Å². The van der Waals surface area contributed by atoms with Gasteiger partial charge in [-0.05, 0) is 24.3 Å². The van der Waals surface area contributed by atoms with E-state index in [1.54, 1.807) is 0 Å². The molecule has 1 amide bonds. The topological polar surface area (TPSA) is 165 Å². The Kier molecular flexibility index (Phi) is 6.34. The van der Waals surface area contributed by atoms with Gasteiger partial charge in [-0.3, -0.25) is 35.9 Å².